The first-order chi connectivity index (χ1) is 8.41. The molecule has 0 rings (SSSR count). The first-order valence-electron chi connectivity index (χ1n) is 7.50. The average molecular weight is 238 g/mol. The summed E-state index contributed by atoms with van der Waals surface area (Å²) in [6, 6.07) is 0. The second-order valence-corrected chi connectivity index (χ2v) is 4.83. The Bertz CT molecular complexity index is 172. The van der Waals surface area contributed by atoms with Crippen LogP contribution in [0.15, 0.2) is 12.2 Å². The highest BCUT2D eigenvalue weighted by Crippen LogP contribution is 2.08. The van der Waals surface area contributed by atoms with Crippen LogP contribution in [0.3, 0.4) is 0 Å². The maximum absolute atomic E-state index is 10.1. The van der Waals surface area contributed by atoms with Crippen molar-refractivity contribution >= 4 is 6.29 Å². The smallest absolute Gasteiger partial charge is 0.119 e. The minimum atomic E-state index is 0.750. The molecule has 0 radical (unpaired) electrons. The number of rotatable bonds is 13. The highest BCUT2D eigenvalue weighted by Gasteiger charge is 1.90. The monoisotopic (exact) mass is 238 g/mol. The summed E-state index contributed by atoms with van der Waals surface area (Å²) in [7, 11) is 0. The van der Waals surface area contributed by atoms with Crippen molar-refractivity contribution in [2.45, 2.75) is 84.0 Å². The Morgan fingerprint density at radius 2 is 1.12 bits per heavy atom. The maximum Gasteiger partial charge on any atom is 0.119 e. The quantitative estimate of drug-likeness (QED) is 0.237. The molecule has 0 aliphatic rings. The Kier molecular flexibility index (Phi) is 14.9. The molecule has 0 saturated carbocycles. The Morgan fingerprint density at radius 3 is 1.65 bits per heavy atom. The lowest BCUT2D eigenvalue weighted by Crippen LogP contribution is -1.81. The van der Waals surface area contributed by atoms with E-state index in [4.69, 9.17) is 0 Å². The highest BCUT2D eigenvalue weighted by molar-refractivity contribution is 5.48. The molecule has 0 aromatic rings. The summed E-state index contributed by atoms with van der Waals surface area (Å²) in [5, 5.41) is 0. The molecule has 0 N–H and O–H groups in total. The summed E-state index contributed by atoms with van der Waals surface area (Å²) in [4.78, 5) is 10.1. The van der Waals surface area contributed by atoms with Crippen molar-refractivity contribution in [3.63, 3.8) is 0 Å². The van der Waals surface area contributed by atoms with Crippen LogP contribution in [-0.2, 0) is 4.79 Å². The lowest BCUT2D eigenvalue weighted by atomic mass is 10.1. The van der Waals surface area contributed by atoms with Gasteiger partial charge in [-0.3, -0.25) is 0 Å². The zero-order chi connectivity index (χ0) is 12.6. The third kappa shape index (κ3) is 15.4. The van der Waals surface area contributed by atoms with Gasteiger partial charge in [-0.1, -0.05) is 57.6 Å². The fourth-order valence-electron chi connectivity index (χ4n) is 1.94. The molecule has 0 unspecified atom stereocenters. The lowest BCUT2D eigenvalue weighted by Gasteiger charge is -1.98. The van der Waals surface area contributed by atoms with Crippen LogP contribution in [0.1, 0.15) is 84.0 Å². The minimum Gasteiger partial charge on any atom is -0.303 e. The predicted octanol–water partition coefficient (Wildman–Crippen LogP) is 5.44. The molecule has 0 aromatic heterocycles. The summed E-state index contributed by atoms with van der Waals surface area (Å²) < 4.78 is 0. The largest absolute Gasteiger partial charge is 0.303 e. The fourth-order valence-corrected chi connectivity index (χ4v) is 1.94. The van der Waals surface area contributed by atoms with E-state index in [2.05, 4.69) is 19.1 Å². The predicted molar refractivity (Wildman–Crippen MR) is 76.3 cm³/mol. The molecular weight excluding hydrogens is 208 g/mol. The van der Waals surface area contributed by atoms with Crippen molar-refractivity contribution in [1.29, 1.82) is 0 Å². The van der Waals surface area contributed by atoms with E-state index in [0.29, 0.717) is 0 Å². The van der Waals surface area contributed by atoms with E-state index < -0.39 is 0 Å². The van der Waals surface area contributed by atoms with Crippen LogP contribution < -0.4 is 0 Å². The van der Waals surface area contributed by atoms with Gasteiger partial charge in [0.15, 0.2) is 0 Å². The Hall–Kier alpha value is -0.590. The van der Waals surface area contributed by atoms with Crippen molar-refractivity contribution in [2.75, 3.05) is 0 Å². The van der Waals surface area contributed by atoms with Crippen molar-refractivity contribution in [3.8, 4) is 0 Å². The van der Waals surface area contributed by atoms with Gasteiger partial charge >= 0.3 is 0 Å². The number of aldehydes is 1. The number of carbonyl (C=O) groups is 1. The molecule has 17 heavy (non-hydrogen) atoms. The molecule has 100 valence electrons. The van der Waals surface area contributed by atoms with Gasteiger partial charge in [-0.15, -0.1) is 0 Å². The van der Waals surface area contributed by atoms with E-state index in [1.807, 2.05) is 0 Å². The zero-order valence-corrected chi connectivity index (χ0v) is 11.6. The second-order valence-electron chi connectivity index (χ2n) is 4.83. The van der Waals surface area contributed by atoms with E-state index in [0.717, 1.165) is 19.1 Å². The Balaban J connectivity index is 2.99. The molecule has 0 heterocycles. The van der Waals surface area contributed by atoms with Crippen LogP contribution in [0.4, 0.5) is 0 Å². The van der Waals surface area contributed by atoms with Gasteiger partial charge in [0.05, 0.1) is 0 Å². The molecule has 1 heteroatoms. The van der Waals surface area contributed by atoms with Crippen LogP contribution in [0.2, 0.25) is 0 Å². The minimum absolute atomic E-state index is 0.750. The van der Waals surface area contributed by atoms with E-state index in [1.165, 1.54) is 64.2 Å². The molecule has 1 nitrogen and oxygen atoms in total. The van der Waals surface area contributed by atoms with Gasteiger partial charge in [-0.25, -0.2) is 0 Å². The van der Waals surface area contributed by atoms with Crippen LogP contribution in [0, 0.1) is 0 Å². The topological polar surface area (TPSA) is 17.1 Å². The van der Waals surface area contributed by atoms with Crippen molar-refractivity contribution in [1.82, 2.24) is 0 Å². The van der Waals surface area contributed by atoms with Crippen LogP contribution in [0.25, 0.3) is 0 Å². The standard InChI is InChI=1S/C16H30O/c1-2-3-4-5-6-7-8-9-10-11-12-13-14-15-16-17/h6-7,16H,2-5,8-15H2,1H3/b7-6-. The molecule has 0 aromatic carbocycles. The normalized spacial score (nSPS) is 11.1. The molecule has 0 amide bonds. The van der Waals surface area contributed by atoms with Crippen molar-refractivity contribution in [2.24, 2.45) is 0 Å². The summed E-state index contributed by atoms with van der Waals surface area (Å²) in [5.74, 6) is 0. The van der Waals surface area contributed by atoms with E-state index in [1.54, 1.807) is 0 Å². The van der Waals surface area contributed by atoms with Gasteiger partial charge in [-0.2, -0.15) is 0 Å². The summed E-state index contributed by atoms with van der Waals surface area (Å²) >= 11 is 0. The SMILES string of the molecule is CCCCC/C=C\CCCCCCCCC=O. The molecule has 0 aliphatic heterocycles. The third-order valence-electron chi connectivity index (χ3n) is 3.08. The molecule has 0 spiro atoms. The molecule has 0 fully saturated rings. The van der Waals surface area contributed by atoms with Gasteiger partial charge in [0.1, 0.15) is 6.29 Å². The fraction of sp³-hybridized carbons (Fsp3) is 0.812. The molecule has 0 saturated heterocycles. The lowest BCUT2D eigenvalue weighted by molar-refractivity contribution is -0.107. The molecule has 0 aliphatic carbocycles. The van der Waals surface area contributed by atoms with Crippen LogP contribution in [0.5, 0.6) is 0 Å². The van der Waals surface area contributed by atoms with Crippen molar-refractivity contribution in [3.05, 3.63) is 12.2 Å². The number of unbranched alkanes of at least 4 members (excludes halogenated alkanes) is 10. The van der Waals surface area contributed by atoms with Gasteiger partial charge in [0.25, 0.3) is 0 Å². The maximum atomic E-state index is 10.1. The summed E-state index contributed by atoms with van der Waals surface area (Å²) in [6.45, 7) is 2.25. The van der Waals surface area contributed by atoms with Gasteiger partial charge in [-0.05, 0) is 32.1 Å². The van der Waals surface area contributed by atoms with Gasteiger partial charge in [0, 0.05) is 6.42 Å². The van der Waals surface area contributed by atoms with Gasteiger partial charge in [0.2, 0.25) is 0 Å². The molecule has 0 atom stereocenters. The van der Waals surface area contributed by atoms with Crippen LogP contribution in [-0.4, -0.2) is 6.29 Å². The third-order valence-corrected chi connectivity index (χ3v) is 3.08. The highest BCUT2D eigenvalue weighted by atomic mass is 16.1. The zero-order valence-electron chi connectivity index (χ0n) is 11.6. The first-order valence-corrected chi connectivity index (χ1v) is 7.50. The number of allylic oxidation sites excluding steroid dienone is 2. The van der Waals surface area contributed by atoms with Crippen molar-refractivity contribution < 1.29 is 4.79 Å². The summed E-state index contributed by atoms with van der Waals surface area (Å²) in [6.07, 6.45) is 20.7. The number of hydrogen-bond acceptors (Lipinski definition) is 1. The average Bonchev–Trinajstić information content (AvgIpc) is 2.35. The first kappa shape index (κ1) is 16.4. The van der Waals surface area contributed by atoms with Gasteiger partial charge < -0.3 is 4.79 Å². The van der Waals surface area contributed by atoms with E-state index >= 15 is 0 Å². The number of carbonyl (C=O) groups excluding carboxylic acids is 1. The second kappa shape index (κ2) is 15.4. The van der Waals surface area contributed by atoms with E-state index in [-0.39, 0.29) is 0 Å². The Labute approximate surface area is 108 Å². The summed E-state index contributed by atoms with van der Waals surface area (Å²) in [5.41, 5.74) is 0. The van der Waals surface area contributed by atoms with E-state index in [9.17, 15) is 4.79 Å². The molecular formula is C16H30O. The molecule has 0 bridgehead atoms. The number of hydrogen-bond donors (Lipinski definition) is 0. The van der Waals surface area contributed by atoms with Crippen LogP contribution >= 0.6 is 0 Å². The Morgan fingerprint density at radius 1 is 0.647 bits per heavy atom.